The Morgan fingerprint density at radius 2 is 1.89 bits per heavy atom. The van der Waals surface area contributed by atoms with Gasteiger partial charge in [0.05, 0.1) is 19.0 Å². The van der Waals surface area contributed by atoms with E-state index < -0.39 is 18.1 Å². The molecule has 0 amide bonds. The molecule has 0 aliphatic heterocycles. The Morgan fingerprint density at radius 1 is 1.26 bits per heavy atom. The van der Waals surface area contributed by atoms with Gasteiger partial charge in [-0.1, -0.05) is 0 Å². The van der Waals surface area contributed by atoms with Gasteiger partial charge in [-0.3, -0.25) is 9.59 Å². The van der Waals surface area contributed by atoms with Crippen molar-refractivity contribution in [2.24, 2.45) is 5.73 Å². The second-order valence-electron chi connectivity index (χ2n) is 5.07. The van der Waals surface area contributed by atoms with Gasteiger partial charge in [0.25, 0.3) is 5.56 Å². The second kappa shape index (κ2) is 9.57. The van der Waals surface area contributed by atoms with Crippen LogP contribution in [-0.4, -0.2) is 48.5 Å². The molecule has 0 unspecified atom stereocenters. The summed E-state index contributed by atoms with van der Waals surface area (Å²) in [6, 6.07) is 7.02. The Hall–Kier alpha value is -3.08. The second-order valence-corrected chi connectivity index (χ2v) is 5.07. The number of hydrogen-bond donors (Lipinski definition) is 3. The predicted octanol–water partition coefficient (Wildman–Crippen LogP) is 1.21. The number of nitrogens with two attached hydrogens (primary N) is 1. The van der Waals surface area contributed by atoms with Gasteiger partial charge in [-0.15, -0.1) is 0 Å². The van der Waals surface area contributed by atoms with Crippen LogP contribution in [0.25, 0.3) is 10.9 Å². The van der Waals surface area contributed by atoms with E-state index in [1.54, 1.807) is 18.2 Å². The Balaban J connectivity index is 0.000000445. The number of fused-ring (bicyclic) bond motifs is 1. The number of hydrogen-bond acceptors (Lipinski definition) is 6. The van der Waals surface area contributed by atoms with Crippen LogP contribution in [0.1, 0.15) is 5.56 Å². The Morgan fingerprint density at radius 3 is 2.41 bits per heavy atom. The highest BCUT2D eigenvalue weighted by Crippen LogP contribution is 2.19. The SMILES string of the molecule is COC(=O)Cc1cc2ccc(OCCN)cc2[nH]c1=O.O=C(O)C(F)(F)F. The summed E-state index contributed by atoms with van der Waals surface area (Å²) in [6.07, 6.45) is -5.13. The molecule has 0 aliphatic carbocycles. The number of ether oxygens (including phenoxy) is 2. The van der Waals surface area contributed by atoms with Crippen molar-refractivity contribution in [2.45, 2.75) is 12.6 Å². The Kier molecular flexibility index (Phi) is 7.79. The highest BCUT2D eigenvalue weighted by molar-refractivity contribution is 5.82. The number of H-pyrrole nitrogens is 1. The van der Waals surface area contributed by atoms with Gasteiger partial charge in [-0.25, -0.2) is 4.79 Å². The van der Waals surface area contributed by atoms with Crippen LogP contribution < -0.4 is 16.0 Å². The molecule has 148 valence electrons. The lowest BCUT2D eigenvalue weighted by atomic mass is 10.1. The zero-order valence-corrected chi connectivity index (χ0v) is 14.1. The topological polar surface area (TPSA) is 132 Å². The van der Waals surface area contributed by atoms with Gasteiger partial charge in [0.15, 0.2) is 0 Å². The number of alkyl halides is 3. The number of nitrogens with one attached hydrogen (secondary N) is 1. The first-order chi connectivity index (χ1) is 12.6. The molecule has 0 atom stereocenters. The van der Waals surface area contributed by atoms with E-state index in [2.05, 4.69) is 9.72 Å². The maximum absolute atomic E-state index is 11.9. The fraction of sp³-hybridized carbons (Fsp3) is 0.312. The standard InChI is InChI=1S/C14H16N2O4.C2HF3O2/c1-19-13(17)7-10-6-9-2-3-11(20-5-4-15)8-12(9)16-14(10)18;3-2(4,5)1(6)7/h2-3,6,8H,4-5,7,15H2,1H3,(H,16,18);(H,6,7). The highest BCUT2D eigenvalue weighted by atomic mass is 19.4. The fourth-order valence-electron chi connectivity index (χ4n) is 1.85. The molecule has 1 aromatic heterocycles. The van der Waals surface area contributed by atoms with Crippen LogP contribution in [0.3, 0.4) is 0 Å². The quantitative estimate of drug-likeness (QED) is 0.654. The molecular weight excluding hydrogens is 373 g/mol. The predicted molar refractivity (Wildman–Crippen MR) is 88.5 cm³/mol. The minimum atomic E-state index is -5.08. The lowest BCUT2D eigenvalue weighted by Crippen LogP contribution is -2.21. The number of rotatable bonds is 5. The number of carboxylic acids is 1. The number of esters is 1. The monoisotopic (exact) mass is 390 g/mol. The number of aromatic amines is 1. The normalized spacial score (nSPS) is 10.7. The highest BCUT2D eigenvalue weighted by Gasteiger charge is 2.38. The molecule has 27 heavy (non-hydrogen) atoms. The number of halogens is 3. The summed E-state index contributed by atoms with van der Waals surface area (Å²) in [5.41, 5.74) is 6.09. The number of pyridine rings is 1. The average molecular weight is 390 g/mol. The molecule has 2 rings (SSSR count). The smallest absolute Gasteiger partial charge is 0.490 e. The minimum absolute atomic E-state index is 0.0484. The molecule has 11 heteroatoms. The third-order valence-corrected chi connectivity index (χ3v) is 3.09. The van der Waals surface area contributed by atoms with Crippen molar-refractivity contribution in [1.29, 1.82) is 0 Å². The van der Waals surface area contributed by atoms with Crippen molar-refractivity contribution in [3.63, 3.8) is 0 Å². The molecule has 2 aromatic rings. The van der Waals surface area contributed by atoms with Crippen LogP contribution in [0.5, 0.6) is 5.75 Å². The van der Waals surface area contributed by atoms with E-state index in [9.17, 15) is 22.8 Å². The fourth-order valence-corrected chi connectivity index (χ4v) is 1.85. The van der Waals surface area contributed by atoms with Gasteiger partial charge in [-0.05, 0) is 23.6 Å². The molecule has 1 aromatic carbocycles. The van der Waals surface area contributed by atoms with Crippen LogP contribution in [0.4, 0.5) is 13.2 Å². The zero-order chi connectivity index (χ0) is 20.6. The molecule has 0 bridgehead atoms. The van der Waals surface area contributed by atoms with Crippen LogP contribution >= 0.6 is 0 Å². The van der Waals surface area contributed by atoms with E-state index in [4.69, 9.17) is 20.4 Å². The van der Waals surface area contributed by atoms with Crippen molar-refractivity contribution in [2.75, 3.05) is 20.3 Å². The summed E-state index contributed by atoms with van der Waals surface area (Å²) in [6.45, 7) is 0.836. The molecule has 0 saturated heterocycles. The van der Waals surface area contributed by atoms with Crippen molar-refractivity contribution < 1.29 is 37.3 Å². The van der Waals surface area contributed by atoms with Crippen molar-refractivity contribution >= 4 is 22.8 Å². The third-order valence-electron chi connectivity index (χ3n) is 3.09. The summed E-state index contributed by atoms with van der Waals surface area (Å²) in [4.78, 5) is 34.7. The number of benzene rings is 1. The van der Waals surface area contributed by atoms with Gasteiger partial charge in [0.2, 0.25) is 0 Å². The van der Waals surface area contributed by atoms with E-state index in [-0.39, 0.29) is 12.0 Å². The van der Waals surface area contributed by atoms with Crippen LogP contribution in [0, 0.1) is 0 Å². The van der Waals surface area contributed by atoms with Gasteiger partial charge in [0.1, 0.15) is 12.4 Å². The van der Waals surface area contributed by atoms with Crippen LogP contribution in [0.2, 0.25) is 0 Å². The Labute approximate surface area is 150 Å². The van der Waals surface area contributed by atoms with Crippen molar-refractivity contribution in [1.82, 2.24) is 4.98 Å². The molecule has 8 nitrogen and oxygen atoms in total. The summed E-state index contributed by atoms with van der Waals surface area (Å²) in [7, 11) is 1.29. The van der Waals surface area contributed by atoms with Crippen molar-refractivity contribution in [3.05, 3.63) is 40.2 Å². The lowest BCUT2D eigenvalue weighted by Gasteiger charge is -2.07. The zero-order valence-electron chi connectivity index (χ0n) is 14.1. The molecule has 1 heterocycles. The number of carbonyl (C=O) groups is 2. The minimum Gasteiger partial charge on any atom is -0.492 e. The number of carbonyl (C=O) groups excluding carboxylic acids is 1. The summed E-state index contributed by atoms with van der Waals surface area (Å²) in [5, 5.41) is 7.95. The maximum atomic E-state index is 11.9. The third kappa shape index (κ3) is 6.98. The lowest BCUT2D eigenvalue weighted by molar-refractivity contribution is -0.192. The average Bonchev–Trinajstić information content (AvgIpc) is 2.60. The molecule has 0 spiro atoms. The molecule has 0 saturated carbocycles. The van der Waals surface area contributed by atoms with Crippen LogP contribution in [-0.2, 0) is 20.7 Å². The van der Waals surface area contributed by atoms with Crippen LogP contribution in [0.15, 0.2) is 29.1 Å². The largest absolute Gasteiger partial charge is 0.492 e. The summed E-state index contributed by atoms with van der Waals surface area (Å²) in [5.74, 6) is -2.57. The van der Waals surface area contributed by atoms with Gasteiger partial charge in [-0.2, -0.15) is 13.2 Å². The first-order valence-corrected chi connectivity index (χ1v) is 7.44. The molecule has 0 fully saturated rings. The molecule has 4 N–H and O–H groups in total. The summed E-state index contributed by atoms with van der Waals surface area (Å²) >= 11 is 0. The number of aliphatic carboxylic acids is 1. The molecule has 0 aliphatic rings. The number of methoxy groups -OCH3 is 1. The van der Waals surface area contributed by atoms with E-state index in [0.29, 0.717) is 30.0 Å². The maximum Gasteiger partial charge on any atom is 0.490 e. The summed E-state index contributed by atoms with van der Waals surface area (Å²) < 4.78 is 41.7. The van der Waals surface area contributed by atoms with Gasteiger partial charge < -0.3 is 25.3 Å². The number of aromatic nitrogens is 1. The molecular formula is C16H17F3N2O6. The van der Waals surface area contributed by atoms with E-state index in [1.807, 2.05) is 6.07 Å². The van der Waals surface area contributed by atoms with Gasteiger partial charge >= 0.3 is 18.1 Å². The van der Waals surface area contributed by atoms with Gasteiger partial charge in [0, 0.05) is 18.2 Å². The Bertz CT molecular complexity index is 863. The first-order valence-electron chi connectivity index (χ1n) is 7.44. The first kappa shape index (κ1) is 22.0. The van der Waals surface area contributed by atoms with Crippen molar-refractivity contribution in [3.8, 4) is 5.75 Å². The molecule has 0 radical (unpaired) electrons. The van der Waals surface area contributed by atoms with E-state index in [1.165, 1.54) is 7.11 Å². The number of carboxylic acid groups (broad SMARTS) is 1. The van der Waals surface area contributed by atoms with E-state index in [0.717, 1.165) is 5.39 Å². The van der Waals surface area contributed by atoms with E-state index >= 15 is 0 Å².